The van der Waals surface area contributed by atoms with Crippen molar-refractivity contribution in [1.29, 1.82) is 0 Å². The Morgan fingerprint density at radius 1 is 0.344 bits per heavy atom. The van der Waals surface area contributed by atoms with Crippen molar-refractivity contribution in [3.63, 3.8) is 0 Å². The maximum absolute atomic E-state index is 12.8. The number of hydrogen-bond acceptors (Lipinski definition) is 6. The molecule has 0 saturated carbocycles. The fourth-order valence-corrected chi connectivity index (χ4v) is 6.66. The molecule has 0 aromatic heterocycles. The highest BCUT2D eigenvalue weighted by Gasteiger charge is 2.19. The summed E-state index contributed by atoms with van der Waals surface area (Å²) < 4.78 is 16.7. The van der Waals surface area contributed by atoms with Gasteiger partial charge in [0.2, 0.25) is 0 Å². The highest BCUT2D eigenvalue weighted by atomic mass is 16.6. The Morgan fingerprint density at radius 2 is 0.672 bits per heavy atom. The van der Waals surface area contributed by atoms with Gasteiger partial charge in [-0.2, -0.15) is 0 Å². The standard InChI is InChI=1S/C55H92O6/c1-4-7-10-13-16-19-22-24-26-27-29-30-33-36-39-42-45-48-54(57)60-51-52(50-59-53(56)47-44-41-38-35-32-21-18-15-12-9-6-3)61-55(58)49-46-43-40-37-34-31-28-25-23-20-17-14-11-8-5-2/h8,11,14-15,17-18,20-21,23-26,28,32,52H,4-7,9-10,12-13,16,19,22,27,29-31,33-51H2,1-3H3/b11-8-,17-14-,18-15-,23-20-,26-24-,28-25-,32-21-. The Hall–Kier alpha value is -3.41. The summed E-state index contributed by atoms with van der Waals surface area (Å²) in [6.07, 6.45) is 62.8. The van der Waals surface area contributed by atoms with E-state index in [2.05, 4.69) is 81.5 Å². The van der Waals surface area contributed by atoms with Crippen LogP contribution >= 0.6 is 0 Å². The van der Waals surface area contributed by atoms with Crippen molar-refractivity contribution in [3.05, 3.63) is 85.1 Å². The van der Waals surface area contributed by atoms with E-state index in [1.54, 1.807) is 0 Å². The number of allylic oxidation sites excluding steroid dienone is 14. The van der Waals surface area contributed by atoms with Gasteiger partial charge in [-0.25, -0.2) is 0 Å². The maximum atomic E-state index is 12.8. The molecule has 6 nitrogen and oxygen atoms in total. The molecule has 6 heteroatoms. The third-order valence-electron chi connectivity index (χ3n) is 10.5. The zero-order valence-corrected chi connectivity index (χ0v) is 39.7. The van der Waals surface area contributed by atoms with Crippen molar-refractivity contribution < 1.29 is 28.6 Å². The quantitative estimate of drug-likeness (QED) is 0.0200. The monoisotopic (exact) mass is 849 g/mol. The summed E-state index contributed by atoms with van der Waals surface area (Å²) >= 11 is 0. The Kier molecular flexibility index (Phi) is 46.5. The molecular weight excluding hydrogens is 757 g/mol. The average Bonchev–Trinajstić information content (AvgIpc) is 3.26. The molecule has 0 saturated heterocycles. The van der Waals surface area contributed by atoms with Gasteiger partial charge in [-0.3, -0.25) is 14.4 Å². The van der Waals surface area contributed by atoms with Crippen LogP contribution in [0.1, 0.15) is 226 Å². The Bertz CT molecular complexity index is 1200. The number of rotatable bonds is 44. The van der Waals surface area contributed by atoms with Crippen molar-refractivity contribution >= 4 is 17.9 Å². The third-order valence-corrected chi connectivity index (χ3v) is 10.5. The third kappa shape index (κ3) is 47.5. The van der Waals surface area contributed by atoms with Crippen LogP contribution in [0.15, 0.2) is 85.1 Å². The summed E-state index contributed by atoms with van der Waals surface area (Å²) in [5, 5.41) is 0. The number of carbonyl (C=O) groups is 3. The van der Waals surface area contributed by atoms with E-state index in [1.165, 1.54) is 89.9 Å². The normalized spacial score (nSPS) is 12.8. The van der Waals surface area contributed by atoms with Crippen LogP contribution < -0.4 is 0 Å². The molecule has 0 spiro atoms. The van der Waals surface area contributed by atoms with Gasteiger partial charge in [0.25, 0.3) is 0 Å². The van der Waals surface area contributed by atoms with E-state index in [-0.39, 0.29) is 31.1 Å². The van der Waals surface area contributed by atoms with Crippen LogP contribution in [0.2, 0.25) is 0 Å². The van der Waals surface area contributed by atoms with Gasteiger partial charge in [0.05, 0.1) is 0 Å². The Balaban J connectivity index is 4.44. The number of esters is 3. The fourth-order valence-electron chi connectivity index (χ4n) is 6.66. The summed E-state index contributed by atoms with van der Waals surface area (Å²) in [6, 6.07) is 0. The molecule has 0 rings (SSSR count). The lowest BCUT2D eigenvalue weighted by molar-refractivity contribution is -0.167. The van der Waals surface area contributed by atoms with Gasteiger partial charge in [0.15, 0.2) is 6.10 Å². The minimum absolute atomic E-state index is 0.0978. The molecule has 0 heterocycles. The Morgan fingerprint density at radius 3 is 1.13 bits per heavy atom. The summed E-state index contributed by atoms with van der Waals surface area (Å²) in [5.41, 5.74) is 0. The molecule has 61 heavy (non-hydrogen) atoms. The highest BCUT2D eigenvalue weighted by Crippen LogP contribution is 2.14. The van der Waals surface area contributed by atoms with Gasteiger partial charge < -0.3 is 14.2 Å². The van der Waals surface area contributed by atoms with Gasteiger partial charge in [0.1, 0.15) is 13.2 Å². The van der Waals surface area contributed by atoms with Crippen LogP contribution in [-0.2, 0) is 28.6 Å². The molecule has 0 aromatic carbocycles. The van der Waals surface area contributed by atoms with Crippen molar-refractivity contribution in [3.8, 4) is 0 Å². The average molecular weight is 849 g/mol. The van der Waals surface area contributed by atoms with E-state index < -0.39 is 6.10 Å². The van der Waals surface area contributed by atoms with Gasteiger partial charge >= 0.3 is 17.9 Å². The predicted octanol–water partition coefficient (Wildman–Crippen LogP) is 16.4. The SMILES string of the molecule is CC\C=C/C=C\C=C/C=C\CCCCCCCC(=O)OC(COC(=O)CCCCC/C=C\C=C/CCCC)COC(=O)CCCCCCCCC/C=C\CCCCCCCC. The van der Waals surface area contributed by atoms with Crippen LogP contribution in [0.5, 0.6) is 0 Å². The van der Waals surface area contributed by atoms with E-state index in [0.717, 1.165) is 96.3 Å². The molecular formula is C55H92O6. The highest BCUT2D eigenvalue weighted by molar-refractivity contribution is 5.71. The summed E-state index contributed by atoms with van der Waals surface area (Å²) in [5.74, 6) is -0.957. The maximum Gasteiger partial charge on any atom is 0.306 e. The largest absolute Gasteiger partial charge is 0.462 e. The Labute approximate surface area is 375 Å². The first-order chi connectivity index (χ1) is 30.0. The van der Waals surface area contributed by atoms with Gasteiger partial charge in [-0.1, -0.05) is 209 Å². The van der Waals surface area contributed by atoms with Gasteiger partial charge in [-0.15, -0.1) is 0 Å². The minimum atomic E-state index is -0.801. The van der Waals surface area contributed by atoms with Crippen LogP contribution in [-0.4, -0.2) is 37.2 Å². The van der Waals surface area contributed by atoms with Crippen LogP contribution in [0.3, 0.4) is 0 Å². The van der Waals surface area contributed by atoms with E-state index >= 15 is 0 Å². The first-order valence-electron chi connectivity index (χ1n) is 25.2. The van der Waals surface area contributed by atoms with Crippen LogP contribution in [0.25, 0.3) is 0 Å². The summed E-state index contributed by atoms with van der Waals surface area (Å²) in [6.45, 7) is 6.39. The first kappa shape index (κ1) is 57.6. The number of ether oxygens (including phenoxy) is 3. The van der Waals surface area contributed by atoms with E-state index in [0.29, 0.717) is 19.3 Å². The molecule has 348 valence electrons. The van der Waals surface area contributed by atoms with Gasteiger partial charge in [-0.05, 0) is 83.5 Å². The van der Waals surface area contributed by atoms with Crippen molar-refractivity contribution in [2.45, 2.75) is 232 Å². The van der Waals surface area contributed by atoms with Crippen LogP contribution in [0, 0.1) is 0 Å². The molecule has 0 amide bonds. The van der Waals surface area contributed by atoms with Crippen molar-refractivity contribution in [1.82, 2.24) is 0 Å². The number of hydrogen-bond donors (Lipinski definition) is 0. The zero-order chi connectivity index (χ0) is 44.4. The lowest BCUT2D eigenvalue weighted by atomic mass is 10.1. The predicted molar refractivity (Wildman–Crippen MR) is 261 cm³/mol. The summed E-state index contributed by atoms with van der Waals surface area (Å²) in [4.78, 5) is 37.9. The molecule has 0 fully saturated rings. The van der Waals surface area contributed by atoms with Crippen LogP contribution in [0.4, 0.5) is 0 Å². The van der Waals surface area contributed by atoms with Crippen molar-refractivity contribution in [2.75, 3.05) is 13.2 Å². The minimum Gasteiger partial charge on any atom is -0.462 e. The number of carbonyl (C=O) groups excluding carboxylic acids is 3. The molecule has 0 radical (unpaired) electrons. The van der Waals surface area contributed by atoms with E-state index in [9.17, 15) is 14.4 Å². The number of unbranched alkanes of at least 4 members (excludes halogenated alkanes) is 23. The molecule has 0 aromatic rings. The van der Waals surface area contributed by atoms with Gasteiger partial charge in [0, 0.05) is 19.3 Å². The van der Waals surface area contributed by atoms with E-state index in [1.807, 2.05) is 24.3 Å². The second-order valence-corrected chi connectivity index (χ2v) is 16.5. The first-order valence-corrected chi connectivity index (χ1v) is 25.2. The second-order valence-electron chi connectivity index (χ2n) is 16.5. The van der Waals surface area contributed by atoms with Crippen molar-refractivity contribution in [2.24, 2.45) is 0 Å². The van der Waals surface area contributed by atoms with E-state index in [4.69, 9.17) is 14.2 Å². The second kappa shape index (κ2) is 49.2. The lowest BCUT2D eigenvalue weighted by Gasteiger charge is -2.18. The summed E-state index contributed by atoms with van der Waals surface area (Å²) in [7, 11) is 0. The molecule has 0 aliphatic heterocycles. The molecule has 0 N–H and O–H groups in total. The lowest BCUT2D eigenvalue weighted by Crippen LogP contribution is -2.30. The molecule has 0 aliphatic carbocycles. The topological polar surface area (TPSA) is 78.9 Å². The molecule has 0 bridgehead atoms. The fraction of sp³-hybridized carbons (Fsp3) is 0.691. The molecule has 1 atom stereocenters. The molecule has 1 unspecified atom stereocenters. The zero-order valence-electron chi connectivity index (χ0n) is 39.7. The smallest absolute Gasteiger partial charge is 0.306 e. The molecule has 0 aliphatic rings.